The van der Waals surface area contributed by atoms with E-state index in [1.807, 2.05) is 0 Å². The van der Waals surface area contributed by atoms with Crippen LogP contribution in [0, 0.1) is 0 Å². The fraction of sp³-hybridized carbons (Fsp3) is 0.417. The van der Waals surface area contributed by atoms with Crippen LogP contribution >= 0.6 is 0 Å². The van der Waals surface area contributed by atoms with Gasteiger partial charge in [0.25, 0.3) is 11.1 Å². The average Bonchev–Trinajstić information content (AvgIpc) is 2.74. The number of hydrogen-bond donors (Lipinski definition) is 4. The molecule has 112 valence electrons. The highest BCUT2D eigenvalue weighted by Gasteiger charge is 2.44. The van der Waals surface area contributed by atoms with Gasteiger partial charge in [-0.15, -0.1) is 0 Å². The number of fused-ring (bicyclic) bond motifs is 1. The first kappa shape index (κ1) is 13.9. The molecule has 1 fully saturated rings. The van der Waals surface area contributed by atoms with Gasteiger partial charge in [0.05, 0.1) is 12.2 Å². The second kappa shape index (κ2) is 5.04. The summed E-state index contributed by atoms with van der Waals surface area (Å²) in [5, 5.41) is 28.7. The molecular formula is C12H13N3O6. The second-order valence-corrected chi connectivity index (χ2v) is 4.80. The van der Waals surface area contributed by atoms with E-state index in [4.69, 9.17) is 9.84 Å². The van der Waals surface area contributed by atoms with Gasteiger partial charge in [0.15, 0.2) is 0 Å². The summed E-state index contributed by atoms with van der Waals surface area (Å²) in [6.07, 6.45) is -1.94. The van der Waals surface area contributed by atoms with E-state index in [9.17, 15) is 19.8 Å². The van der Waals surface area contributed by atoms with E-state index in [2.05, 4.69) is 9.97 Å². The molecule has 4 atom stereocenters. The minimum absolute atomic E-state index is 0.0297. The highest BCUT2D eigenvalue weighted by molar-refractivity contribution is 5.29. The van der Waals surface area contributed by atoms with Crippen LogP contribution in [0.2, 0.25) is 0 Å². The maximum atomic E-state index is 12.0. The van der Waals surface area contributed by atoms with Crippen molar-refractivity contribution in [1.82, 2.24) is 14.4 Å². The Morgan fingerprint density at radius 2 is 2.10 bits per heavy atom. The molecule has 0 radical (unpaired) electrons. The number of hydrogen-bond acceptors (Lipinski definition) is 7. The summed E-state index contributed by atoms with van der Waals surface area (Å²) in [5.41, 5.74) is -1.06. The summed E-state index contributed by atoms with van der Waals surface area (Å²) in [6.45, 7) is -0.482. The Morgan fingerprint density at radius 3 is 2.76 bits per heavy atom. The average molecular weight is 295 g/mol. The lowest BCUT2D eigenvalue weighted by molar-refractivity contribution is -0.0232. The molecule has 2 aromatic rings. The molecule has 3 rings (SSSR count). The van der Waals surface area contributed by atoms with E-state index in [0.29, 0.717) is 0 Å². The number of nitrogens with one attached hydrogen (secondary N) is 1. The van der Waals surface area contributed by atoms with Crippen LogP contribution in [0.25, 0.3) is 5.78 Å². The first-order chi connectivity index (χ1) is 10.0. The summed E-state index contributed by atoms with van der Waals surface area (Å²) in [4.78, 5) is 29.3. The van der Waals surface area contributed by atoms with Crippen LogP contribution in [0.3, 0.4) is 0 Å². The number of aliphatic hydroxyl groups excluding tert-OH is 3. The van der Waals surface area contributed by atoms with Crippen molar-refractivity contribution in [3.8, 4) is 0 Å². The van der Waals surface area contributed by atoms with Crippen LogP contribution in [0.4, 0.5) is 0 Å². The molecule has 2 aromatic heterocycles. The molecule has 0 aliphatic carbocycles. The quantitative estimate of drug-likeness (QED) is 0.482. The lowest BCUT2D eigenvalue weighted by Crippen LogP contribution is -2.33. The lowest BCUT2D eigenvalue weighted by Gasteiger charge is -2.14. The summed E-state index contributed by atoms with van der Waals surface area (Å²) in [7, 11) is 0. The number of aromatic nitrogens is 3. The topological polar surface area (TPSA) is 137 Å². The minimum Gasteiger partial charge on any atom is -0.394 e. The van der Waals surface area contributed by atoms with Crippen LogP contribution in [-0.4, -0.2) is 54.6 Å². The number of H-pyrrole nitrogens is 1. The third-order valence-corrected chi connectivity index (χ3v) is 3.45. The van der Waals surface area contributed by atoms with E-state index >= 15 is 0 Å². The Bertz CT molecular complexity index is 784. The van der Waals surface area contributed by atoms with Gasteiger partial charge in [-0.25, -0.2) is 0 Å². The number of nitrogens with zero attached hydrogens (tertiary/aromatic N) is 2. The molecule has 3 heterocycles. The standard InChI is InChI=1S/C12H13N3O6/c16-4-6-8(18)9(19)10(21-6)5-3-15-2-1-7(17)13-12(15)14-11(5)20/h1-3,6,8-10,16,18-19H,4H2,(H,13,14,17,20)/t6-,8?,9+,10+/m1/s1. The zero-order chi connectivity index (χ0) is 15.1. The van der Waals surface area contributed by atoms with Crippen molar-refractivity contribution in [1.29, 1.82) is 0 Å². The number of aromatic amines is 1. The fourth-order valence-electron chi connectivity index (χ4n) is 2.34. The SMILES string of the molecule is O=c1ccn2cc([C@@H]3O[C@H](CO)C(O)[C@@H]3O)c(=O)nc2[nH]1. The van der Waals surface area contributed by atoms with Crippen LogP contribution in [0.15, 0.2) is 28.0 Å². The molecule has 0 aromatic carbocycles. The van der Waals surface area contributed by atoms with Crippen molar-refractivity contribution in [2.75, 3.05) is 6.61 Å². The molecule has 4 N–H and O–H groups in total. The number of aliphatic hydroxyl groups is 3. The largest absolute Gasteiger partial charge is 0.394 e. The molecule has 1 unspecified atom stereocenters. The summed E-state index contributed by atoms with van der Waals surface area (Å²) in [6, 6.07) is 1.25. The molecule has 9 heteroatoms. The van der Waals surface area contributed by atoms with Gasteiger partial charge in [0.1, 0.15) is 24.4 Å². The highest BCUT2D eigenvalue weighted by Crippen LogP contribution is 2.31. The minimum atomic E-state index is -1.35. The summed E-state index contributed by atoms with van der Waals surface area (Å²) < 4.78 is 6.70. The van der Waals surface area contributed by atoms with E-state index in [0.717, 1.165) is 0 Å². The van der Waals surface area contributed by atoms with E-state index in [-0.39, 0.29) is 11.3 Å². The third kappa shape index (κ3) is 2.25. The van der Waals surface area contributed by atoms with Crippen molar-refractivity contribution < 1.29 is 20.1 Å². The summed E-state index contributed by atoms with van der Waals surface area (Å²) >= 11 is 0. The molecule has 0 spiro atoms. The third-order valence-electron chi connectivity index (χ3n) is 3.45. The molecule has 0 amide bonds. The Kier molecular flexibility index (Phi) is 3.33. The zero-order valence-electron chi connectivity index (χ0n) is 10.7. The Hall–Kier alpha value is -2.07. The van der Waals surface area contributed by atoms with Crippen molar-refractivity contribution in [2.24, 2.45) is 0 Å². The van der Waals surface area contributed by atoms with Gasteiger partial charge >= 0.3 is 0 Å². The van der Waals surface area contributed by atoms with Gasteiger partial charge in [-0.1, -0.05) is 0 Å². The van der Waals surface area contributed by atoms with Gasteiger partial charge in [-0.05, 0) is 0 Å². The van der Waals surface area contributed by atoms with Gasteiger partial charge in [0, 0.05) is 18.5 Å². The van der Waals surface area contributed by atoms with Gasteiger partial charge in [0.2, 0.25) is 5.78 Å². The monoisotopic (exact) mass is 295 g/mol. The first-order valence-electron chi connectivity index (χ1n) is 6.26. The van der Waals surface area contributed by atoms with Crippen LogP contribution < -0.4 is 11.1 Å². The normalized spacial score (nSPS) is 29.1. The number of rotatable bonds is 2. The van der Waals surface area contributed by atoms with E-state index in [1.165, 1.54) is 22.9 Å². The molecular weight excluding hydrogens is 282 g/mol. The van der Waals surface area contributed by atoms with Crippen molar-refractivity contribution in [2.45, 2.75) is 24.4 Å². The predicted octanol–water partition coefficient (Wildman–Crippen LogP) is -2.46. The summed E-state index contributed by atoms with van der Waals surface area (Å²) in [5.74, 6) is 0.0583. The molecule has 1 saturated heterocycles. The lowest BCUT2D eigenvalue weighted by atomic mass is 10.0. The first-order valence-corrected chi connectivity index (χ1v) is 6.26. The fourth-order valence-corrected chi connectivity index (χ4v) is 2.34. The van der Waals surface area contributed by atoms with Crippen LogP contribution in [-0.2, 0) is 4.74 Å². The van der Waals surface area contributed by atoms with Crippen molar-refractivity contribution in [3.63, 3.8) is 0 Å². The van der Waals surface area contributed by atoms with Crippen molar-refractivity contribution in [3.05, 3.63) is 44.7 Å². The Morgan fingerprint density at radius 1 is 1.33 bits per heavy atom. The second-order valence-electron chi connectivity index (χ2n) is 4.80. The van der Waals surface area contributed by atoms with Gasteiger partial charge in [-0.3, -0.25) is 19.0 Å². The highest BCUT2D eigenvalue weighted by atomic mass is 16.6. The maximum absolute atomic E-state index is 12.0. The molecule has 1 aliphatic rings. The number of ether oxygens (including phenoxy) is 1. The Balaban J connectivity index is 2.09. The van der Waals surface area contributed by atoms with Gasteiger partial charge in [-0.2, -0.15) is 4.98 Å². The van der Waals surface area contributed by atoms with Gasteiger partial charge < -0.3 is 20.1 Å². The van der Waals surface area contributed by atoms with Crippen LogP contribution in [0.1, 0.15) is 11.7 Å². The zero-order valence-corrected chi connectivity index (χ0v) is 10.7. The maximum Gasteiger partial charge on any atom is 0.280 e. The van der Waals surface area contributed by atoms with E-state index < -0.39 is 42.1 Å². The molecule has 0 saturated carbocycles. The smallest absolute Gasteiger partial charge is 0.280 e. The molecule has 21 heavy (non-hydrogen) atoms. The van der Waals surface area contributed by atoms with E-state index in [1.54, 1.807) is 0 Å². The molecule has 9 nitrogen and oxygen atoms in total. The Labute approximate surface area is 117 Å². The van der Waals surface area contributed by atoms with Crippen molar-refractivity contribution >= 4 is 5.78 Å². The van der Waals surface area contributed by atoms with Crippen LogP contribution in [0.5, 0.6) is 0 Å². The molecule has 1 aliphatic heterocycles. The molecule has 0 bridgehead atoms. The predicted molar refractivity (Wildman–Crippen MR) is 68.8 cm³/mol.